The monoisotopic (exact) mass is 377 g/mol. The Morgan fingerprint density at radius 3 is 2.78 bits per heavy atom. The van der Waals surface area contributed by atoms with Crippen LogP contribution in [0.2, 0.25) is 0 Å². The lowest BCUT2D eigenvalue weighted by Crippen LogP contribution is -2.29. The van der Waals surface area contributed by atoms with Crippen molar-refractivity contribution in [3.05, 3.63) is 81.4 Å². The van der Waals surface area contributed by atoms with Gasteiger partial charge in [-0.05, 0) is 31.0 Å². The molecule has 1 N–H and O–H groups in total. The van der Waals surface area contributed by atoms with E-state index in [1.807, 2.05) is 38.1 Å². The second kappa shape index (κ2) is 7.62. The Bertz CT molecular complexity index is 965. The number of amides is 1. The first-order valence-corrected chi connectivity index (χ1v) is 10.0. The van der Waals surface area contributed by atoms with Crippen LogP contribution in [-0.4, -0.2) is 22.3 Å². The first-order valence-electron chi connectivity index (χ1n) is 9.22. The molecule has 5 heteroatoms. The number of nitrogens with one attached hydrogen (secondary N) is 1. The van der Waals surface area contributed by atoms with Crippen molar-refractivity contribution in [1.82, 2.24) is 9.88 Å². The summed E-state index contributed by atoms with van der Waals surface area (Å²) in [7, 11) is 0. The molecule has 0 saturated carbocycles. The Hall–Kier alpha value is -2.50. The van der Waals surface area contributed by atoms with Crippen LogP contribution < -0.4 is 5.32 Å². The Morgan fingerprint density at radius 2 is 2.00 bits per heavy atom. The highest BCUT2D eigenvalue weighted by Crippen LogP contribution is 2.29. The fourth-order valence-electron chi connectivity index (χ4n) is 3.51. The minimum absolute atomic E-state index is 0.0836. The molecule has 0 spiro atoms. The summed E-state index contributed by atoms with van der Waals surface area (Å²) in [4.78, 5) is 21.0. The zero-order valence-corrected chi connectivity index (χ0v) is 16.5. The molecule has 0 bridgehead atoms. The second-order valence-corrected chi connectivity index (χ2v) is 8.19. The summed E-state index contributed by atoms with van der Waals surface area (Å²) in [5.41, 5.74) is 5.31. The topological polar surface area (TPSA) is 45.2 Å². The molecule has 2 heterocycles. The highest BCUT2D eigenvalue weighted by molar-refractivity contribution is 7.15. The normalized spacial score (nSPS) is 14.0. The van der Waals surface area contributed by atoms with Crippen LogP contribution in [0, 0.1) is 13.8 Å². The molecular weight excluding hydrogens is 354 g/mol. The number of fused-ring (bicyclic) bond motifs is 1. The number of benzene rings is 2. The van der Waals surface area contributed by atoms with Gasteiger partial charge in [-0.3, -0.25) is 15.0 Å². The Balaban J connectivity index is 1.44. The third-order valence-electron chi connectivity index (χ3n) is 4.91. The molecule has 1 aliphatic heterocycles. The van der Waals surface area contributed by atoms with E-state index in [1.165, 1.54) is 10.4 Å². The van der Waals surface area contributed by atoms with Gasteiger partial charge in [0.25, 0.3) is 5.91 Å². The van der Waals surface area contributed by atoms with E-state index in [2.05, 4.69) is 39.5 Å². The van der Waals surface area contributed by atoms with Gasteiger partial charge in [0.15, 0.2) is 5.13 Å². The maximum Gasteiger partial charge on any atom is 0.257 e. The predicted octanol–water partition coefficient (Wildman–Crippen LogP) is 4.57. The van der Waals surface area contributed by atoms with Gasteiger partial charge < -0.3 is 0 Å². The van der Waals surface area contributed by atoms with Gasteiger partial charge in [0.2, 0.25) is 0 Å². The maximum absolute atomic E-state index is 12.6. The van der Waals surface area contributed by atoms with E-state index in [0.29, 0.717) is 10.7 Å². The number of aryl methyl sites for hydroxylation is 2. The van der Waals surface area contributed by atoms with Crippen molar-refractivity contribution in [2.24, 2.45) is 0 Å². The van der Waals surface area contributed by atoms with Crippen LogP contribution in [0.3, 0.4) is 0 Å². The van der Waals surface area contributed by atoms with Crippen LogP contribution in [0.15, 0.2) is 48.5 Å². The van der Waals surface area contributed by atoms with Crippen LogP contribution in [-0.2, 0) is 19.5 Å². The maximum atomic E-state index is 12.6. The van der Waals surface area contributed by atoms with Crippen LogP contribution in [0.5, 0.6) is 0 Å². The summed E-state index contributed by atoms with van der Waals surface area (Å²) < 4.78 is 0. The largest absolute Gasteiger partial charge is 0.298 e. The summed E-state index contributed by atoms with van der Waals surface area (Å²) >= 11 is 1.60. The van der Waals surface area contributed by atoms with Crippen molar-refractivity contribution >= 4 is 22.4 Å². The lowest BCUT2D eigenvalue weighted by atomic mass is 10.1. The fraction of sp³-hybridized carbons (Fsp3) is 0.273. The first kappa shape index (κ1) is 17.9. The number of carbonyl (C=O) groups excluding carboxylic acids is 1. The van der Waals surface area contributed by atoms with E-state index >= 15 is 0 Å². The molecule has 2 aromatic carbocycles. The van der Waals surface area contributed by atoms with Crippen molar-refractivity contribution in [3.8, 4) is 0 Å². The minimum Gasteiger partial charge on any atom is -0.298 e. The molecule has 4 rings (SSSR count). The van der Waals surface area contributed by atoms with Crippen LogP contribution in [0.25, 0.3) is 0 Å². The Morgan fingerprint density at radius 1 is 1.19 bits per heavy atom. The molecule has 0 atom stereocenters. The summed E-state index contributed by atoms with van der Waals surface area (Å²) in [6.45, 7) is 6.83. The van der Waals surface area contributed by atoms with E-state index < -0.39 is 0 Å². The number of nitrogens with zero attached hydrogens (tertiary/aromatic N) is 2. The zero-order chi connectivity index (χ0) is 18.8. The van der Waals surface area contributed by atoms with Crippen molar-refractivity contribution in [2.75, 3.05) is 11.9 Å². The lowest BCUT2D eigenvalue weighted by molar-refractivity contribution is 0.102. The second-order valence-electron chi connectivity index (χ2n) is 7.11. The number of thiazole rings is 1. The number of hydrogen-bond donors (Lipinski definition) is 1. The molecule has 27 heavy (non-hydrogen) atoms. The molecule has 3 aromatic rings. The van der Waals surface area contributed by atoms with Gasteiger partial charge >= 0.3 is 0 Å². The van der Waals surface area contributed by atoms with Gasteiger partial charge in [0, 0.05) is 36.5 Å². The smallest absolute Gasteiger partial charge is 0.257 e. The summed E-state index contributed by atoms with van der Waals surface area (Å²) in [6.07, 6.45) is 0.929. The molecule has 4 nitrogen and oxygen atoms in total. The van der Waals surface area contributed by atoms with Crippen molar-refractivity contribution in [1.29, 1.82) is 0 Å². The first-order chi connectivity index (χ1) is 13.1. The minimum atomic E-state index is -0.0836. The van der Waals surface area contributed by atoms with Gasteiger partial charge in [0.1, 0.15) is 0 Å². The molecule has 138 valence electrons. The molecule has 0 aliphatic carbocycles. The average molecular weight is 378 g/mol. The van der Waals surface area contributed by atoms with Crippen molar-refractivity contribution < 1.29 is 4.79 Å². The molecule has 0 radical (unpaired) electrons. The quantitative estimate of drug-likeness (QED) is 0.724. The molecule has 1 amide bonds. The van der Waals surface area contributed by atoms with Gasteiger partial charge in [0.05, 0.1) is 5.69 Å². The molecule has 1 aromatic heterocycles. The van der Waals surface area contributed by atoms with Gasteiger partial charge in [-0.15, -0.1) is 11.3 Å². The third kappa shape index (κ3) is 4.10. The van der Waals surface area contributed by atoms with Crippen LogP contribution >= 0.6 is 11.3 Å². The Kier molecular flexibility index (Phi) is 5.05. The van der Waals surface area contributed by atoms with Crippen LogP contribution in [0.4, 0.5) is 5.13 Å². The number of carbonyl (C=O) groups is 1. The van der Waals surface area contributed by atoms with Crippen LogP contribution in [0.1, 0.15) is 37.6 Å². The number of hydrogen-bond acceptors (Lipinski definition) is 4. The molecule has 1 aliphatic rings. The van der Waals surface area contributed by atoms with E-state index in [0.717, 1.165) is 42.9 Å². The predicted molar refractivity (Wildman–Crippen MR) is 110 cm³/mol. The fourth-order valence-corrected chi connectivity index (χ4v) is 4.56. The van der Waals surface area contributed by atoms with Gasteiger partial charge in [-0.1, -0.05) is 48.0 Å². The molecule has 0 fully saturated rings. The summed E-state index contributed by atoms with van der Waals surface area (Å²) in [5.74, 6) is -0.0836. The zero-order valence-electron chi connectivity index (χ0n) is 15.7. The van der Waals surface area contributed by atoms with Gasteiger partial charge in [-0.2, -0.15) is 0 Å². The highest BCUT2D eigenvalue weighted by Gasteiger charge is 2.22. The molecule has 0 unspecified atom stereocenters. The third-order valence-corrected chi connectivity index (χ3v) is 5.90. The van der Waals surface area contributed by atoms with Crippen molar-refractivity contribution in [3.63, 3.8) is 0 Å². The average Bonchev–Trinajstić information content (AvgIpc) is 3.04. The standard InChI is InChI=1S/C22H23N3OS/c1-15-8-9-18(16(2)12-15)21(26)24-22-23-19-10-11-25(14-20(19)27-22)13-17-6-4-3-5-7-17/h3-9,12H,10-11,13-14H2,1-2H3,(H,23,24,26). The number of rotatable bonds is 4. The summed E-state index contributed by atoms with van der Waals surface area (Å²) in [6, 6.07) is 16.4. The SMILES string of the molecule is Cc1ccc(C(=O)Nc2nc3c(s2)CN(Cc2ccccc2)CC3)c(C)c1. The highest BCUT2D eigenvalue weighted by atomic mass is 32.1. The summed E-state index contributed by atoms with van der Waals surface area (Å²) in [5, 5.41) is 3.69. The van der Waals surface area contributed by atoms with E-state index in [1.54, 1.807) is 11.3 Å². The Labute approximate surface area is 163 Å². The molecular formula is C22H23N3OS. The van der Waals surface area contributed by atoms with Gasteiger partial charge in [-0.25, -0.2) is 4.98 Å². The van der Waals surface area contributed by atoms with E-state index in [4.69, 9.17) is 0 Å². The van der Waals surface area contributed by atoms with Crippen molar-refractivity contribution in [2.45, 2.75) is 33.4 Å². The number of aromatic nitrogens is 1. The number of anilines is 1. The molecule has 0 saturated heterocycles. The van der Waals surface area contributed by atoms with E-state index in [9.17, 15) is 4.79 Å². The van der Waals surface area contributed by atoms with E-state index in [-0.39, 0.29) is 5.91 Å². The lowest BCUT2D eigenvalue weighted by Gasteiger charge is -2.25.